The highest BCUT2D eigenvalue weighted by Gasteiger charge is 2.22. The van der Waals surface area contributed by atoms with Gasteiger partial charge < -0.3 is 14.6 Å². The van der Waals surface area contributed by atoms with Crippen LogP contribution in [-0.4, -0.2) is 29.8 Å². The summed E-state index contributed by atoms with van der Waals surface area (Å²) in [6.45, 7) is 0. The summed E-state index contributed by atoms with van der Waals surface area (Å²) in [5.74, 6) is 1.12. The van der Waals surface area contributed by atoms with Crippen molar-refractivity contribution in [1.29, 1.82) is 0 Å². The van der Waals surface area contributed by atoms with E-state index in [1.165, 1.54) is 0 Å². The van der Waals surface area contributed by atoms with E-state index in [1.54, 1.807) is 49.4 Å². The number of aromatic hydroxyl groups is 1. The minimum Gasteiger partial charge on any atom is -0.508 e. The molecule has 0 saturated heterocycles. The summed E-state index contributed by atoms with van der Waals surface area (Å²) in [7, 11) is 3.18. The minimum atomic E-state index is -0.314. The fourth-order valence-corrected chi connectivity index (χ4v) is 2.96. The van der Waals surface area contributed by atoms with Crippen LogP contribution in [0.4, 0.5) is 0 Å². The zero-order chi connectivity index (χ0) is 18.5. The number of methoxy groups -OCH3 is 2. The molecule has 1 aromatic heterocycles. The summed E-state index contributed by atoms with van der Waals surface area (Å²) >= 11 is 0. The highest BCUT2D eigenvalue weighted by molar-refractivity contribution is 5.80. The van der Waals surface area contributed by atoms with Gasteiger partial charge >= 0.3 is 0 Å². The zero-order valence-corrected chi connectivity index (χ0v) is 14.8. The first-order chi connectivity index (χ1) is 12.6. The van der Waals surface area contributed by atoms with Crippen LogP contribution in [0.1, 0.15) is 28.3 Å². The number of phenols is 1. The summed E-state index contributed by atoms with van der Waals surface area (Å²) in [5.41, 5.74) is 1.56. The topological polar surface area (TPSA) is 60.7 Å². The van der Waals surface area contributed by atoms with Crippen molar-refractivity contribution >= 4 is 5.91 Å². The Bertz CT molecular complexity index is 870. The van der Waals surface area contributed by atoms with Gasteiger partial charge in [0.05, 0.1) is 14.2 Å². The number of nitrogens with zero attached hydrogens (tertiary/aromatic N) is 1. The first-order valence-electron chi connectivity index (χ1n) is 8.29. The molecule has 5 heteroatoms. The Balaban J connectivity index is 2.01. The number of hydrogen-bond donors (Lipinski definition) is 1. The maximum absolute atomic E-state index is 12.7. The molecule has 0 bridgehead atoms. The first kappa shape index (κ1) is 17.6. The van der Waals surface area contributed by atoms with Crippen LogP contribution >= 0.6 is 0 Å². The molecule has 134 valence electrons. The summed E-state index contributed by atoms with van der Waals surface area (Å²) in [4.78, 5) is 12.7. The van der Waals surface area contributed by atoms with Crippen molar-refractivity contribution in [1.82, 2.24) is 4.57 Å². The van der Waals surface area contributed by atoms with Gasteiger partial charge in [-0.25, -0.2) is 0 Å². The lowest BCUT2D eigenvalue weighted by Gasteiger charge is -2.20. The van der Waals surface area contributed by atoms with E-state index in [2.05, 4.69) is 0 Å². The van der Waals surface area contributed by atoms with Crippen LogP contribution in [0, 0.1) is 0 Å². The van der Waals surface area contributed by atoms with Gasteiger partial charge in [0, 0.05) is 30.3 Å². The van der Waals surface area contributed by atoms with E-state index < -0.39 is 0 Å². The van der Waals surface area contributed by atoms with E-state index in [0.29, 0.717) is 11.3 Å². The molecule has 1 atom stereocenters. The fourth-order valence-electron chi connectivity index (χ4n) is 2.96. The Hall–Kier alpha value is -3.21. The monoisotopic (exact) mass is 351 g/mol. The minimum absolute atomic E-state index is 0.0574. The number of aromatic nitrogens is 1. The van der Waals surface area contributed by atoms with Crippen molar-refractivity contribution in [3.63, 3.8) is 0 Å². The van der Waals surface area contributed by atoms with Crippen LogP contribution in [0.3, 0.4) is 0 Å². The smallest absolute Gasteiger partial charge is 0.231 e. The molecule has 0 radical (unpaired) electrons. The van der Waals surface area contributed by atoms with Gasteiger partial charge in [0.2, 0.25) is 5.91 Å². The third-order valence-corrected chi connectivity index (χ3v) is 4.40. The highest BCUT2D eigenvalue weighted by atomic mass is 16.5. The normalized spacial score (nSPS) is 11.8. The van der Waals surface area contributed by atoms with E-state index in [9.17, 15) is 9.90 Å². The SMILES string of the molecule is COc1ccc(C(CC(=O)n2cccc2)c2cc(OC)ccc2O)cc1. The quantitative estimate of drug-likeness (QED) is 0.727. The number of carbonyl (C=O) groups excluding carboxylic acids is 1. The van der Waals surface area contributed by atoms with Crippen molar-refractivity contribution in [2.24, 2.45) is 0 Å². The highest BCUT2D eigenvalue weighted by Crippen LogP contribution is 2.37. The van der Waals surface area contributed by atoms with Crippen molar-refractivity contribution < 1.29 is 19.4 Å². The van der Waals surface area contributed by atoms with Crippen molar-refractivity contribution in [3.05, 3.63) is 78.1 Å². The van der Waals surface area contributed by atoms with Gasteiger partial charge in [0.1, 0.15) is 17.2 Å². The molecule has 0 fully saturated rings. The van der Waals surface area contributed by atoms with Crippen LogP contribution in [0.25, 0.3) is 0 Å². The number of benzene rings is 2. The lowest BCUT2D eigenvalue weighted by Crippen LogP contribution is -2.14. The second-order valence-electron chi connectivity index (χ2n) is 5.94. The molecular formula is C21H21NO4. The molecule has 1 N–H and O–H groups in total. The summed E-state index contributed by atoms with van der Waals surface area (Å²) in [5, 5.41) is 10.4. The van der Waals surface area contributed by atoms with Gasteiger partial charge in [-0.3, -0.25) is 9.36 Å². The molecule has 3 rings (SSSR count). The maximum Gasteiger partial charge on any atom is 0.231 e. The Morgan fingerprint density at radius 1 is 1.00 bits per heavy atom. The molecule has 0 aliphatic heterocycles. The van der Waals surface area contributed by atoms with E-state index in [0.717, 1.165) is 11.3 Å². The Labute approximate surface area is 152 Å². The number of phenolic OH excluding ortho intramolecular Hbond substituents is 1. The van der Waals surface area contributed by atoms with Crippen molar-refractivity contribution in [2.75, 3.05) is 14.2 Å². The average Bonchev–Trinajstić information content (AvgIpc) is 3.22. The second kappa shape index (κ2) is 7.78. The van der Waals surface area contributed by atoms with Gasteiger partial charge in [-0.05, 0) is 48.0 Å². The Morgan fingerprint density at radius 2 is 1.62 bits per heavy atom. The predicted octanol–water partition coefficient (Wildman–Crippen LogP) is 4.07. The largest absolute Gasteiger partial charge is 0.508 e. The number of rotatable bonds is 6. The predicted molar refractivity (Wildman–Crippen MR) is 99.2 cm³/mol. The molecular weight excluding hydrogens is 330 g/mol. The lowest BCUT2D eigenvalue weighted by molar-refractivity contribution is 0.0897. The fraction of sp³-hybridized carbons (Fsp3) is 0.190. The number of carbonyl (C=O) groups is 1. The average molecular weight is 351 g/mol. The molecule has 1 heterocycles. The lowest BCUT2D eigenvalue weighted by atomic mass is 9.87. The van der Waals surface area contributed by atoms with Gasteiger partial charge in [0.15, 0.2) is 0 Å². The zero-order valence-electron chi connectivity index (χ0n) is 14.8. The summed E-state index contributed by atoms with van der Waals surface area (Å²) in [6.07, 6.45) is 3.65. The van der Waals surface area contributed by atoms with E-state index in [-0.39, 0.29) is 24.0 Å². The van der Waals surface area contributed by atoms with Gasteiger partial charge in [-0.1, -0.05) is 12.1 Å². The van der Waals surface area contributed by atoms with Crippen LogP contribution < -0.4 is 9.47 Å². The number of ether oxygens (including phenoxy) is 2. The maximum atomic E-state index is 12.7. The van der Waals surface area contributed by atoms with Gasteiger partial charge in [-0.2, -0.15) is 0 Å². The molecule has 5 nitrogen and oxygen atoms in total. The van der Waals surface area contributed by atoms with E-state index in [4.69, 9.17) is 9.47 Å². The molecule has 2 aromatic carbocycles. The van der Waals surface area contributed by atoms with Crippen LogP contribution in [0.15, 0.2) is 67.0 Å². The van der Waals surface area contributed by atoms with Gasteiger partial charge in [0.25, 0.3) is 0 Å². The summed E-state index contributed by atoms with van der Waals surface area (Å²) < 4.78 is 12.1. The van der Waals surface area contributed by atoms with Crippen LogP contribution in [0.5, 0.6) is 17.2 Å². The molecule has 26 heavy (non-hydrogen) atoms. The first-order valence-corrected chi connectivity index (χ1v) is 8.29. The molecule has 0 aliphatic rings. The Morgan fingerprint density at radius 3 is 2.23 bits per heavy atom. The molecule has 0 aliphatic carbocycles. The number of hydrogen-bond acceptors (Lipinski definition) is 4. The summed E-state index contributed by atoms with van der Waals surface area (Å²) in [6, 6.07) is 16.2. The molecule has 1 unspecified atom stereocenters. The third kappa shape index (κ3) is 3.72. The third-order valence-electron chi connectivity index (χ3n) is 4.40. The molecule has 0 saturated carbocycles. The standard InChI is InChI=1S/C21H21NO4/c1-25-16-7-5-15(6-8-16)18(14-21(24)22-11-3-4-12-22)19-13-17(26-2)9-10-20(19)23/h3-13,18,23H,14H2,1-2H3. The van der Waals surface area contributed by atoms with E-state index in [1.807, 2.05) is 36.4 Å². The molecule has 0 spiro atoms. The molecule has 0 amide bonds. The Kier molecular flexibility index (Phi) is 5.27. The van der Waals surface area contributed by atoms with Gasteiger partial charge in [-0.15, -0.1) is 0 Å². The van der Waals surface area contributed by atoms with Crippen molar-refractivity contribution in [2.45, 2.75) is 12.3 Å². The van der Waals surface area contributed by atoms with Crippen molar-refractivity contribution in [3.8, 4) is 17.2 Å². The molecule has 3 aromatic rings. The van der Waals surface area contributed by atoms with Crippen LogP contribution in [-0.2, 0) is 0 Å². The second-order valence-corrected chi connectivity index (χ2v) is 5.94. The van der Waals surface area contributed by atoms with Crippen LogP contribution in [0.2, 0.25) is 0 Å². The van der Waals surface area contributed by atoms with E-state index >= 15 is 0 Å².